The van der Waals surface area contributed by atoms with Gasteiger partial charge in [0.25, 0.3) is 0 Å². The van der Waals surface area contributed by atoms with Crippen LogP contribution >= 0.6 is 0 Å². The molecule has 52 heavy (non-hydrogen) atoms. The first-order valence-electron chi connectivity index (χ1n) is 21.4. The molecule has 0 saturated heterocycles. The fourth-order valence-electron chi connectivity index (χ4n) is 6.68. The molecule has 9 heteroatoms. The Bertz CT molecular complexity index is 874. The maximum Gasteiger partial charge on any atom is 0.305 e. The van der Waals surface area contributed by atoms with Crippen molar-refractivity contribution in [3.63, 3.8) is 0 Å². The van der Waals surface area contributed by atoms with Crippen LogP contribution in [-0.2, 0) is 38.1 Å². The number of unbranched alkanes of at least 4 members (excludes halogenated alkanes) is 9. The minimum atomic E-state index is -1.21. The van der Waals surface area contributed by atoms with Gasteiger partial charge in [-0.25, -0.2) is 0 Å². The van der Waals surface area contributed by atoms with Crippen LogP contribution < -0.4 is 0 Å². The average Bonchev–Trinajstić information content (AvgIpc) is 3.14. The Labute approximate surface area is 319 Å². The Balaban J connectivity index is 5.88. The van der Waals surface area contributed by atoms with Crippen LogP contribution in [0.4, 0.5) is 0 Å². The Kier molecular flexibility index (Phi) is 32.0. The predicted molar refractivity (Wildman–Crippen MR) is 211 cm³/mol. The van der Waals surface area contributed by atoms with Gasteiger partial charge in [-0.15, -0.1) is 0 Å². The monoisotopic (exact) mass is 740 g/mol. The molecule has 0 aliphatic carbocycles. The molecule has 0 aromatic heterocycles. The normalized spacial score (nSPS) is 12.2. The highest BCUT2D eigenvalue weighted by Gasteiger charge is 2.38. The SMILES string of the molecule is CCCCCCCC(=O)OCC(COC(=O)CCCCCCC)(COC(=O)CCCCN(C)CC)COC(=O)CCC(CCC)C(CCC)CCC. The summed E-state index contributed by atoms with van der Waals surface area (Å²) in [4.78, 5) is 54.2. The topological polar surface area (TPSA) is 108 Å². The van der Waals surface area contributed by atoms with Gasteiger partial charge >= 0.3 is 23.9 Å². The van der Waals surface area contributed by atoms with E-state index in [1.807, 2.05) is 7.05 Å². The van der Waals surface area contributed by atoms with Crippen LogP contribution in [0.1, 0.15) is 189 Å². The standard InChI is InChI=1S/C43H81NO8/c1-8-14-16-18-20-27-39(45)49-33-43(34-50-40(46)28-21-19-17-15-9-2,35-51-41(47)29-22-23-32-44(7)13-6)36-52-42(48)31-30-38(26-12-5)37(24-10-3)25-11-4/h37-38H,8-36H2,1-7H3. The van der Waals surface area contributed by atoms with Crippen molar-refractivity contribution < 1.29 is 38.1 Å². The molecule has 0 saturated carbocycles. The smallest absolute Gasteiger partial charge is 0.305 e. The highest BCUT2D eigenvalue weighted by Crippen LogP contribution is 2.31. The van der Waals surface area contributed by atoms with E-state index in [9.17, 15) is 19.2 Å². The molecule has 0 N–H and O–H groups in total. The van der Waals surface area contributed by atoms with Gasteiger partial charge in [0.2, 0.25) is 0 Å². The molecule has 9 nitrogen and oxygen atoms in total. The molecule has 0 radical (unpaired) electrons. The zero-order valence-electron chi connectivity index (χ0n) is 34.9. The van der Waals surface area contributed by atoms with Crippen molar-refractivity contribution in [1.29, 1.82) is 0 Å². The van der Waals surface area contributed by atoms with E-state index in [4.69, 9.17) is 18.9 Å². The van der Waals surface area contributed by atoms with E-state index in [0.717, 1.165) is 129 Å². The number of esters is 4. The van der Waals surface area contributed by atoms with E-state index in [-0.39, 0.29) is 76.0 Å². The second-order valence-corrected chi connectivity index (χ2v) is 15.2. The predicted octanol–water partition coefficient (Wildman–Crippen LogP) is 10.4. The molecular formula is C43H81NO8. The maximum atomic E-state index is 13.3. The van der Waals surface area contributed by atoms with Crippen molar-refractivity contribution in [2.75, 3.05) is 46.6 Å². The van der Waals surface area contributed by atoms with E-state index < -0.39 is 5.41 Å². The van der Waals surface area contributed by atoms with Gasteiger partial charge in [0.15, 0.2) is 0 Å². The zero-order valence-corrected chi connectivity index (χ0v) is 34.9. The summed E-state index contributed by atoms with van der Waals surface area (Å²) in [5, 5.41) is 0. The number of carbonyl (C=O) groups is 4. The van der Waals surface area contributed by atoms with E-state index in [2.05, 4.69) is 46.4 Å². The fraction of sp³-hybridized carbons (Fsp3) is 0.907. The van der Waals surface area contributed by atoms with Gasteiger partial charge in [0, 0.05) is 25.7 Å². The number of hydrogen-bond acceptors (Lipinski definition) is 9. The fourth-order valence-corrected chi connectivity index (χ4v) is 6.68. The summed E-state index contributed by atoms with van der Waals surface area (Å²) in [5.74, 6) is -0.391. The molecule has 0 aromatic rings. The third-order valence-electron chi connectivity index (χ3n) is 10.2. The molecule has 1 unspecified atom stereocenters. The first-order chi connectivity index (χ1) is 25.1. The number of ether oxygens (including phenoxy) is 4. The Morgan fingerprint density at radius 2 is 0.788 bits per heavy atom. The van der Waals surface area contributed by atoms with Gasteiger partial charge in [0.05, 0.1) is 0 Å². The summed E-state index contributed by atoms with van der Waals surface area (Å²) in [6.07, 6.45) is 20.1. The van der Waals surface area contributed by atoms with E-state index in [0.29, 0.717) is 18.3 Å². The molecule has 0 aliphatic heterocycles. The van der Waals surface area contributed by atoms with Gasteiger partial charge in [-0.05, 0) is 64.1 Å². The summed E-state index contributed by atoms with van der Waals surface area (Å²) in [7, 11) is 2.05. The maximum absolute atomic E-state index is 13.3. The largest absolute Gasteiger partial charge is 0.465 e. The quantitative estimate of drug-likeness (QED) is 0.0352. The van der Waals surface area contributed by atoms with Crippen LogP contribution in [0.3, 0.4) is 0 Å². The first kappa shape index (κ1) is 49.8. The second kappa shape index (κ2) is 33.4. The zero-order chi connectivity index (χ0) is 38.9. The Hall–Kier alpha value is -2.16. The van der Waals surface area contributed by atoms with E-state index in [1.54, 1.807) is 0 Å². The van der Waals surface area contributed by atoms with Crippen molar-refractivity contribution in [3.8, 4) is 0 Å². The molecule has 0 aromatic carbocycles. The summed E-state index contributed by atoms with van der Waals surface area (Å²) in [5.41, 5.74) is -1.21. The van der Waals surface area contributed by atoms with E-state index >= 15 is 0 Å². The van der Waals surface area contributed by atoms with Crippen LogP contribution in [0.5, 0.6) is 0 Å². The second-order valence-electron chi connectivity index (χ2n) is 15.2. The summed E-state index contributed by atoms with van der Waals surface area (Å²) in [6.45, 7) is 14.1. The molecule has 0 bridgehead atoms. The lowest BCUT2D eigenvalue weighted by Gasteiger charge is -2.32. The van der Waals surface area contributed by atoms with Gasteiger partial charge in [-0.3, -0.25) is 19.2 Å². The average molecular weight is 740 g/mol. The lowest BCUT2D eigenvalue weighted by Crippen LogP contribution is -2.44. The lowest BCUT2D eigenvalue weighted by atomic mass is 9.80. The van der Waals surface area contributed by atoms with Crippen LogP contribution in [0.25, 0.3) is 0 Å². The number of hydrogen-bond donors (Lipinski definition) is 0. The summed E-state index contributed by atoms with van der Waals surface area (Å²) >= 11 is 0. The van der Waals surface area contributed by atoms with Crippen molar-refractivity contribution in [2.45, 2.75) is 189 Å². The van der Waals surface area contributed by atoms with Gasteiger partial charge in [-0.1, -0.05) is 131 Å². The van der Waals surface area contributed by atoms with Crippen molar-refractivity contribution in [2.24, 2.45) is 17.3 Å². The minimum absolute atomic E-state index is 0.181. The molecule has 0 amide bonds. The molecule has 0 aliphatic rings. The molecule has 1 atom stereocenters. The first-order valence-corrected chi connectivity index (χ1v) is 21.4. The van der Waals surface area contributed by atoms with Crippen molar-refractivity contribution >= 4 is 23.9 Å². The van der Waals surface area contributed by atoms with E-state index in [1.165, 1.54) is 0 Å². The van der Waals surface area contributed by atoms with Crippen LogP contribution in [-0.4, -0.2) is 75.3 Å². The Morgan fingerprint density at radius 1 is 0.442 bits per heavy atom. The van der Waals surface area contributed by atoms with Crippen molar-refractivity contribution in [1.82, 2.24) is 4.90 Å². The molecule has 0 fully saturated rings. The van der Waals surface area contributed by atoms with Gasteiger partial charge in [-0.2, -0.15) is 0 Å². The van der Waals surface area contributed by atoms with Crippen LogP contribution in [0, 0.1) is 17.3 Å². The third kappa shape index (κ3) is 26.6. The molecule has 0 spiro atoms. The third-order valence-corrected chi connectivity index (χ3v) is 10.2. The number of nitrogens with zero attached hydrogens (tertiary/aromatic N) is 1. The summed E-state index contributed by atoms with van der Waals surface area (Å²) < 4.78 is 23.2. The van der Waals surface area contributed by atoms with Gasteiger partial charge < -0.3 is 23.8 Å². The number of carbonyl (C=O) groups excluding carboxylic acids is 4. The highest BCUT2D eigenvalue weighted by molar-refractivity contribution is 5.71. The molecule has 0 heterocycles. The van der Waals surface area contributed by atoms with Crippen LogP contribution in [0.15, 0.2) is 0 Å². The molecule has 0 rings (SSSR count). The van der Waals surface area contributed by atoms with Crippen molar-refractivity contribution in [3.05, 3.63) is 0 Å². The number of rotatable bonds is 36. The molecular weight excluding hydrogens is 658 g/mol. The molecule has 306 valence electrons. The Morgan fingerprint density at radius 3 is 1.15 bits per heavy atom. The van der Waals surface area contributed by atoms with Gasteiger partial charge in [0.1, 0.15) is 31.8 Å². The summed E-state index contributed by atoms with van der Waals surface area (Å²) in [6, 6.07) is 0. The minimum Gasteiger partial charge on any atom is -0.465 e. The highest BCUT2D eigenvalue weighted by atomic mass is 16.6. The van der Waals surface area contributed by atoms with Crippen LogP contribution in [0.2, 0.25) is 0 Å². The lowest BCUT2D eigenvalue weighted by molar-refractivity contribution is -0.171.